The van der Waals surface area contributed by atoms with Crippen LogP contribution in [0.25, 0.3) is 0 Å². The SMILES string of the molecule is CCCCCCCSc1ccc(CCC(CO)(CO)NC(C)=O)cc1. The number of thioether (sulfide) groups is 1. The summed E-state index contributed by atoms with van der Waals surface area (Å²) in [6.07, 6.45) is 7.73. The Morgan fingerprint density at radius 1 is 1.08 bits per heavy atom. The molecule has 0 spiro atoms. The van der Waals surface area contributed by atoms with Gasteiger partial charge < -0.3 is 15.5 Å². The molecule has 0 atom stereocenters. The van der Waals surface area contributed by atoms with Crippen LogP contribution in [0.4, 0.5) is 0 Å². The van der Waals surface area contributed by atoms with Crippen molar-refractivity contribution in [3.63, 3.8) is 0 Å². The van der Waals surface area contributed by atoms with Crippen LogP contribution in [0.1, 0.15) is 57.9 Å². The standard InChI is InChI=1S/C20H33NO3S/c1-3-4-5-6-7-14-25-19-10-8-18(9-11-19)12-13-20(15-22,16-23)21-17(2)24/h8-11,22-23H,3-7,12-16H2,1-2H3,(H,21,24). The zero-order chi connectivity index (χ0) is 18.5. The third-order valence-electron chi connectivity index (χ3n) is 4.38. The van der Waals surface area contributed by atoms with Crippen LogP contribution in [0.5, 0.6) is 0 Å². The van der Waals surface area contributed by atoms with Gasteiger partial charge in [0.25, 0.3) is 0 Å². The van der Waals surface area contributed by atoms with Crippen LogP contribution < -0.4 is 5.32 Å². The zero-order valence-electron chi connectivity index (χ0n) is 15.6. The van der Waals surface area contributed by atoms with Crippen molar-refractivity contribution in [2.45, 2.75) is 69.2 Å². The van der Waals surface area contributed by atoms with E-state index in [0.29, 0.717) is 12.8 Å². The van der Waals surface area contributed by atoms with E-state index in [4.69, 9.17) is 0 Å². The fourth-order valence-corrected chi connectivity index (χ4v) is 3.67. The van der Waals surface area contributed by atoms with Crippen molar-refractivity contribution in [2.24, 2.45) is 0 Å². The number of rotatable bonds is 13. The van der Waals surface area contributed by atoms with E-state index < -0.39 is 5.54 Å². The molecule has 1 amide bonds. The highest BCUT2D eigenvalue weighted by atomic mass is 32.2. The molecule has 1 rings (SSSR count). The van der Waals surface area contributed by atoms with Crippen LogP contribution >= 0.6 is 11.8 Å². The highest BCUT2D eigenvalue weighted by Gasteiger charge is 2.29. The molecule has 0 saturated carbocycles. The number of hydrogen-bond acceptors (Lipinski definition) is 4. The second kappa shape index (κ2) is 12.3. The van der Waals surface area contributed by atoms with E-state index in [2.05, 4.69) is 36.5 Å². The summed E-state index contributed by atoms with van der Waals surface area (Å²) in [5, 5.41) is 21.8. The Kier molecular flexibility index (Phi) is 10.9. The Labute approximate surface area is 156 Å². The number of unbranched alkanes of at least 4 members (excludes halogenated alkanes) is 4. The Hall–Kier alpha value is -1.04. The molecular formula is C20H33NO3S. The van der Waals surface area contributed by atoms with E-state index in [1.165, 1.54) is 43.9 Å². The quantitative estimate of drug-likeness (QED) is 0.368. The lowest BCUT2D eigenvalue weighted by atomic mass is 9.92. The molecule has 3 N–H and O–H groups in total. The molecule has 0 radical (unpaired) electrons. The molecule has 0 fully saturated rings. The largest absolute Gasteiger partial charge is 0.394 e. The van der Waals surface area contributed by atoms with Crippen molar-refractivity contribution in [1.29, 1.82) is 0 Å². The Balaban J connectivity index is 2.41. The van der Waals surface area contributed by atoms with Crippen LogP contribution in [0.2, 0.25) is 0 Å². The molecular weight excluding hydrogens is 334 g/mol. The highest BCUT2D eigenvalue weighted by Crippen LogP contribution is 2.22. The maximum absolute atomic E-state index is 11.3. The number of aliphatic hydroxyl groups is 2. The first kappa shape index (κ1) is 22.0. The van der Waals surface area contributed by atoms with Gasteiger partial charge in [0.1, 0.15) is 0 Å². The maximum atomic E-state index is 11.3. The first-order valence-corrected chi connectivity index (χ1v) is 10.3. The first-order chi connectivity index (χ1) is 12.0. The lowest BCUT2D eigenvalue weighted by Gasteiger charge is -2.30. The second-order valence-corrected chi connectivity index (χ2v) is 7.85. The highest BCUT2D eigenvalue weighted by molar-refractivity contribution is 7.99. The molecule has 0 heterocycles. The lowest BCUT2D eigenvalue weighted by Crippen LogP contribution is -2.53. The zero-order valence-corrected chi connectivity index (χ0v) is 16.4. The molecule has 0 aliphatic rings. The Bertz CT molecular complexity index is 486. The van der Waals surface area contributed by atoms with Crippen LogP contribution in [-0.4, -0.2) is 40.6 Å². The average molecular weight is 368 g/mol. The van der Waals surface area contributed by atoms with Gasteiger partial charge in [-0.05, 0) is 42.7 Å². The van der Waals surface area contributed by atoms with Gasteiger partial charge in [0.2, 0.25) is 5.91 Å². The third kappa shape index (κ3) is 8.75. The molecule has 0 saturated heterocycles. The number of amides is 1. The van der Waals surface area contributed by atoms with Gasteiger partial charge in [-0.3, -0.25) is 4.79 Å². The molecule has 0 bridgehead atoms. The summed E-state index contributed by atoms with van der Waals surface area (Å²) in [6, 6.07) is 8.44. The van der Waals surface area contributed by atoms with Crippen LogP contribution in [0.3, 0.4) is 0 Å². The number of carbonyl (C=O) groups excluding carboxylic acids is 1. The number of nitrogens with one attached hydrogen (secondary N) is 1. The van der Waals surface area contributed by atoms with Gasteiger partial charge in [0, 0.05) is 11.8 Å². The van der Waals surface area contributed by atoms with Crippen molar-refractivity contribution in [3.05, 3.63) is 29.8 Å². The van der Waals surface area contributed by atoms with E-state index in [1.807, 2.05) is 11.8 Å². The average Bonchev–Trinajstić information content (AvgIpc) is 2.62. The molecule has 0 aliphatic carbocycles. The Morgan fingerprint density at radius 2 is 1.72 bits per heavy atom. The summed E-state index contributed by atoms with van der Waals surface area (Å²) < 4.78 is 0. The molecule has 1 aromatic carbocycles. The molecule has 0 unspecified atom stereocenters. The maximum Gasteiger partial charge on any atom is 0.217 e. The monoisotopic (exact) mass is 367 g/mol. The van der Waals surface area contributed by atoms with Gasteiger partial charge in [0.15, 0.2) is 0 Å². The van der Waals surface area contributed by atoms with Crippen molar-refractivity contribution in [3.8, 4) is 0 Å². The summed E-state index contributed by atoms with van der Waals surface area (Å²) >= 11 is 1.89. The molecule has 5 heteroatoms. The van der Waals surface area contributed by atoms with E-state index in [-0.39, 0.29) is 19.1 Å². The summed E-state index contributed by atoms with van der Waals surface area (Å²) in [5.74, 6) is 0.915. The predicted molar refractivity (Wildman–Crippen MR) is 105 cm³/mol. The fraction of sp³-hybridized carbons (Fsp3) is 0.650. The summed E-state index contributed by atoms with van der Waals surface area (Å²) in [4.78, 5) is 12.6. The minimum Gasteiger partial charge on any atom is -0.394 e. The van der Waals surface area contributed by atoms with E-state index in [1.54, 1.807) is 0 Å². The lowest BCUT2D eigenvalue weighted by molar-refractivity contribution is -0.122. The molecule has 4 nitrogen and oxygen atoms in total. The second-order valence-electron chi connectivity index (χ2n) is 6.68. The minimum absolute atomic E-state index is 0.242. The molecule has 25 heavy (non-hydrogen) atoms. The molecule has 142 valence electrons. The van der Waals surface area contributed by atoms with Gasteiger partial charge in [-0.1, -0.05) is 44.7 Å². The van der Waals surface area contributed by atoms with Gasteiger partial charge in [-0.15, -0.1) is 11.8 Å². The van der Waals surface area contributed by atoms with Crippen molar-refractivity contribution < 1.29 is 15.0 Å². The smallest absolute Gasteiger partial charge is 0.217 e. The number of benzene rings is 1. The van der Waals surface area contributed by atoms with Gasteiger partial charge in [-0.2, -0.15) is 0 Å². The van der Waals surface area contributed by atoms with Gasteiger partial charge in [-0.25, -0.2) is 0 Å². The van der Waals surface area contributed by atoms with Crippen LogP contribution in [0, 0.1) is 0 Å². The van der Waals surface area contributed by atoms with E-state index in [9.17, 15) is 15.0 Å². The topological polar surface area (TPSA) is 69.6 Å². The molecule has 0 aliphatic heterocycles. The number of carbonyl (C=O) groups is 1. The first-order valence-electron chi connectivity index (χ1n) is 9.27. The fourth-order valence-electron chi connectivity index (χ4n) is 2.75. The van der Waals surface area contributed by atoms with E-state index >= 15 is 0 Å². The van der Waals surface area contributed by atoms with Crippen molar-refractivity contribution >= 4 is 17.7 Å². The Morgan fingerprint density at radius 3 is 2.28 bits per heavy atom. The molecule has 0 aromatic heterocycles. The van der Waals surface area contributed by atoms with Crippen LogP contribution in [-0.2, 0) is 11.2 Å². The van der Waals surface area contributed by atoms with Gasteiger partial charge >= 0.3 is 0 Å². The predicted octanol–water partition coefficient (Wildman–Crippen LogP) is 3.54. The van der Waals surface area contributed by atoms with Crippen molar-refractivity contribution in [2.75, 3.05) is 19.0 Å². The number of aliphatic hydroxyl groups excluding tert-OH is 2. The third-order valence-corrected chi connectivity index (χ3v) is 5.48. The van der Waals surface area contributed by atoms with Crippen molar-refractivity contribution in [1.82, 2.24) is 5.32 Å². The normalized spacial score (nSPS) is 11.5. The van der Waals surface area contributed by atoms with Gasteiger partial charge in [0.05, 0.1) is 18.8 Å². The van der Waals surface area contributed by atoms with E-state index in [0.717, 1.165) is 11.3 Å². The number of aryl methyl sites for hydroxylation is 1. The molecule has 1 aromatic rings. The van der Waals surface area contributed by atoms with Crippen LogP contribution in [0.15, 0.2) is 29.2 Å². The summed E-state index contributed by atoms with van der Waals surface area (Å²) in [5.41, 5.74) is 0.196. The summed E-state index contributed by atoms with van der Waals surface area (Å²) in [6.45, 7) is 3.09. The number of hydrogen-bond donors (Lipinski definition) is 3. The summed E-state index contributed by atoms with van der Waals surface area (Å²) in [7, 11) is 0. The minimum atomic E-state index is -0.947.